The number of carbonyl (C=O) groups excluding carboxylic acids is 1. The summed E-state index contributed by atoms with van der Waals surface area (Å²) in [6.45, 7) is 2.03. The molecule has 4 rings (SSSR count). The average Bonchev–Trinajstić information content (AvgIpc) is 3.14. The topological polar surface area (TPSA) is 70.8 Å². The van der Waals surface area contributed by atoms with Crippen LogP contribution in [-0.4, -0.2) is 5.78 Å². The molecule has 0 atom stereocenters. The van der Waals surface area contributed by atoms with Crippen molar-refractivity contribution < 1.29 is 9.36 Å². The second kappa shape index (κ2) is 9.17. The highest BCUT2D eigenvalue weighted by atomic mass is 32.2. The maximum Gasteiger partial charge on any atom is 0.259 e. The van der Waals surface area contributed by atoms with Crippen molar-refractivity contribution in [1.29, 1.82) is 5.26 Å². The molecule has 2 heterocycles. The van der Waals surface area contributed by atoms with Crippen molar-refractivity contribution in [2.24, 2.45) is 0 Å². The van der Waals surface area contributed by atoms with E-state index in [9.17, 15) is 4.79 Å². The summed E-state index contributed by atoms with van der Waals surface area (Å²) < 4.78 is 2.97. The Morgan fingerprint density at radius 2 is 1.84 bits per heavy atom. The summed E-state index contributed by atoms with van der Waals surface area (Å²) in [6.07, 6.45) is 3.97. The second-order valence-corrected chi connectivity index (χ2v) is 9.33. The third kappa shape index (κ3) is 4.53. The predicted octanol–water partition coefficient (Wildman–Crippen LogP) is 5.31. The van der Waals surface area contributed by atoms with Gasteiger partial charge in [-0.05, 0) is 30.7 Å². The quantitative estimate of drug-likeness (QED) is 0.250. The van der Waals surface area contributed by atoms with Gasteiger partial charge in [0.05, 0.1) is 11.6 Å². The molecule has 0 radical (unpaired) electrons. The first-order chi connectivity index (χ1) is 15.1. The second-order valence-electron chi connectivity index (χ2n) is 7.06. The Bertz CT molecular complexity index is 1270. The number of aryl methyl sites for hydroxylation is 1. The lowest BCUT2D eigenvalue weighted by atomic mass is 10.1. The Morgan fingerprint density at radius 1 is 1.10 bits per heavy atom. The van der Waals surface area contributed by atoms with Crippen molar-refractivity contribution in [1.82, 2.24) is 0 Å². The first-order valence-corrected chi connectivity index (χ1v) is 11.5. The van der Waals surface area contributed by atoms with Gasteiger partial charge in [-0.15, -0.1) is 23.1 Å². The number of nitriles is 1. The van der Waals surface area contributed by atoms with Crippen molar-refractivity contribution in [2.75, 3.05) is 5.73 Å². The summed E-state index contributed by atoms with van der Waals surface area (Å²) in [5.41, 5.74) is 11.4. The number of rotatable bonds is 6. The fourth-order valence-corrected chi connectivity index (χ4v) is 5.62. The highest BCUT2D eigenvalue weighted by Crippen LogP contribution is 2.40. The SMILES string of the molecule is Cc1ccc[n+](-c2c(SCc3ccc(C#N)cc3)sc(C(=O)c3ccccc3)c2N)c1. The smallest absolute Gasteiger partial charge is 0.259 e. The average molecular weight is 443 g/mol. The fourth-order valence-electron chi connectivity index (χ4n) is 3.20. The molecular weight excluding hydrogens is 422 g/mol. The minimum absolute atomic E-state index is 0.0668. The molecule has 0 bridgehead atoms. The van der Waals surface area contributed by atoms with E-state index in [4.69, 9.17) is 11.0 Å². The number of thioether (sulfide) groups is 1. The molecule has 0 saturated carbocycles. The standard InChI is InChI=1S/C25H19N3OS2/c1-17-6-5-13-28(15-17)22-21(27)24(23(29)20-7-3-2-4-8-20)31-25(22)30-16-19-11-9-18(14-26)10-12-19/h2-13,15H,16H2,1H3,(H-,27,29)/p+1. The van der Waals surface area contributed by atoms with E-state index in [1.807, 2.05) is 90.6 Å². The molecule has 0 aliphatic carbocycles. The van der Waals surface area contributed by atoms with Crippen molar-refractivity contribution >= 4 is 34.6 Å². The Labute approximate surface area is 189 Å². The molecule has 2 aromatic carbocycles. The van der Waals surface area contributed by atoms with Gasteiger partial charge in [0.15, 0.2) is 12.4 Å². The maximum atomic E-state index is 13.2. The number of pyridine rings is 1. The van der Waals surface area contributed by atoms with Gasteiger partial charge in [0.25, 0.3) is 5.69 Å². The molecule has 0 aliphatic heterocycles. The lowest BCUT2D eigenvalue weighted by Gasteiger charge is -2.02. The molecule has 0 aliphatic rings. The summed E-state index contributed by atoms with van der Waals surface area (Å²) in [7, 11) is 0. The zero-order valence-electron chi connectivity index (χ0n) is 16.9. The molecule has 0 unspecified atom stereocenters. The molecule has 0 spiro atoms. The van der Waals surface area contributed by atoms with Gasteiger partial charge in [0, 0.05) is 22.9 Å². The maximum absolute atomic E-state index is 13.2. The zero-order valence-corrected chi connectivity index (χ0v) is 18.5. The predicted molar refractivity (Wildman–Crippen MR) is 126 cm³/mol. The number of nitrogens with zero attached hydrogens (tertiary/aromatic N) is 2. The van der Waals surface area contributed by atoms with Crippen LogP contribution in [0.3, 0.4) is 0 Å². The van der Waals surface area contributed by atoms with Crippen molar-refractivity contribution in [2.45, 2.75) is 16.9 Å². The molecule has 152 valence electrons. The molecule has 2 N–H and O–H groups in total. The van der Waals surface area contributed by atoms with Crippen molar-refractivity contribution in [3.05, 3.63) is 106 Å². The van der Waals surface area contributed by atoms with E-state index in [1.165, 1.54) is 11.3 Å². The van der Waals surface area contributed by atoms with Gasteiger partial charge in [-0.2, -0.15) is 9.83 Å². The number of aromatic nitrogens is 1. The van der Waals surface area contributed by atoms with Crippen molar-refractivity contribution in [3.8, 4) is 11.8 Å². The van der Waals surface area contributed by atoms with Gasteiger partial charge < -0.3 is 5.73 Å². The van der Waals surface area contributed by atoms with Crippen LogP contribution >= 0.6 is 23.1 Å². The van der Waals surface area contributed by atoms with Gasteiger partial charge in [-0.3, -0.25) is 4.79 Å². The van der Waals surface area contributed by atoms with Crippen LogP contribution in [0, 0.1) is 18.3 Å². The number of benzene rings is 2. The molecule has 0 fully saturated rings. The van der Waals surface area contributed by atoms with E-state index in [0.717, 1.165) is 21.0 Å². The largest absolute Gasteiger partial charge is 0.392 e. The lowest BCUT2D eigenvalue weighted by Crippen LogP contribution is -2.31. The normalized spacial score (nSPS) is 10.6. The first kappa shape index (κ1) is 20.9. The minimum atomic E-state index is -0.0668. The minimum Gasteiger partial charge on any atom is -0.392 e. The van der Waals surface area contributed by atoms with Crippen LogP contribution in [0.1, 0.15) is 31.9 Å². The van der Waals surface area contributed by atoms with E-state index < -0.39 is 0 Å². The molecule has 2 aromatic heterocycles. The molecule has 6 heteroatoms. The summed E-state index contributed by atoms with van der Waals surface area (Å²) >= 11 is 3.08. The van der Waals surface area contributed by atoms with Crippen LogP contribution < -0.4 is 10.3 Å². The molecule has 0 amide bonds. The number of hydrogen-bond donors (Lipinski definition) is 1. The van der Waals surface area contributed by atoms with Crippen LogP contribution in [0.4, 0.5) is 5.69 Å². The first-order valence-electron chi connectivity index (χ1n) is 9.69. The lowest BCUT2D eigenvalue weighted by molar-refractivity contribution is -0.597. The Morgan fingerprint density at radius 3 is 2.52 bits per heavy atom. The third-order valence-corrected chi connectivity index (χ3v) is 7.31. The van der Waals surface area contributed by atoms with E-state index >= 15 is 0 Å². The van der Waals surface area contributed by atoms with Crippen LogP contribution in [0.15, 0.2) is 83.3 Å². The van der Waals surface area contributed by atoms with Gasteiger partial charge >= 0.3 is 0 Å². The van der Waals surface area contributed by atoms with Gasteiger partial charge in [0.2, 0.25) is 5.78 Å². The van der Waals surface area contributed by atoms with E-state index in [0.29, 0.717) is 27.4 Å². The monoisotopic (exact) mass is 442 g/mol. The molecule has 4 aromatic rings. The number of nitrogens with two attached hydrogens (primary N) is 1. The third-order valence-electron chi connectivity index (χ3n) is 4.79. The number of hydrogen-bond acceptors (Lipinski definition) is 5. The molecule has 0 saturated heterocycles. The van der Waals surface area contributed by atoms with Gasteiger partial charge in [-0.1, -0.05) is 42.5 Å². The van der Waals surface area contributed by atoms with E-state index in [-0.39, 0.29) is 5.78 Å². The van der Waals surface area contributed by atoms with E-state index in [1.54, 1.807) is 11.8 Å². The number of thiophene rings is 1. The summed E-state index contributed by atoms with van der Waals surface area (Å²) in [5.74, 6) is 0.645. The Balaban J connectivity index is 1.73. The van der Waals surface area contributed by atoms with Gasteiger partial charge in [-0.25, -0.2) is 0 Å². The zero-order chi connectivity index (χ0) is 21.8. The molecular formula is C25H20N3OS2+. The van der Waals surface area contributed by atoms with Crippen LogP contribution in [-0.2, 0) is 5.75 Å². The van der Waals surface area contributed by atoms with Crippen LogP contribution in [0.5, 0.6) is 0 Å². The van der Waals surface area contributed by atoms with Crippen LogP contribution in [0.2, 0.25) is 0 Å². The summed E-state index contributed by atoms with van der Waals surface area (Å²) in [6, 6.07) is 22.9. The van der Waals surface area contributed by atoms with Crippen LogP contribution in [0.25, 0.3) is 5.69 Å². The number of anilines is 1. The summed E-state index contributed by atoms with van der Waals surface area (Å²) in [5, 5.41) is 9.00. The summed E-state index contributed by atoms with van der Waals surface area (Å²) in [4.78, 5) is 13.7. The molecule has 31 heavy (non-hydrogen) atoms. The number of ketones is 1. The molecule has 4 nitrogen and oxygen atoms in total. The van der Waals surface area contributed by atoms with E-state index in [2.05, 4.69) is 6.07 Å². The fraction of sp³-hybridized carbons (Fsp3) is 0.0800. The highest BCUT2D eigenvalue weighted by Gasteiger charge is 2.28. The number of nitrogen functional groups attached to an aromatic ring is 1. The number of carbonyl (C=O) groups is 1. The van der Waals surface area contributed by atoms with Crippen molar-refractivity contribution in [3.63, 3.8) is 0 Å². The Hall–Kier alpha value is -3.40. The van der Waals surface area contributed by atoms with Gasteiger partial charge in [0.1, 0.15) is 14.8 Å². The Kier molecular flexibility index (Phi) is 6.17. The highest BCUT2D eigenvalue weighted by molar-refractivity contribution is 8.00.